The van der Waals surface area contributed by atoms with Crippen molar-refractivity contribution in [2.45, 2.75) is 19.9 Å². The number of thiophene rings is 1. The maximum atomic E-state index is 13.4. The topological polar surface area (TPSA) is 84.9 Å². The molecular formula is C25H26N2O5S2. The van der Waals surface area contributed by atoms with Crippen LogP contribution < -0.4 is 19.1 Å². The largest absolute Gasteiger partial charge is 0.493 e. The first-order valence-corrected chi connectivity index (χ1v) is 13.0. The Balaban J connectivity index is 1.54. The highest BCUT2D eigenvalue weighted by atomic mass is 32.2. The molecule has 0 fully saturated rings. The molecule has 0 bridgehead atoms. The molecule has 1 aliphatic heterocycles. The first-order chi connectivity index (χ1) is 16.3. The smallest absolute Gasteiger partial charge is 0.270 e. The highest BCUT2D eigenvalue weighted by Crippen LogP contribution is 2.39. The fourth-order valence-electron chi connectivity index (χ4n) is 3.73. The minimum atomic E-state index is -4.02. The van der Waals surface area contributed by atoms with Crippen LogP contribution in [0.1, 0.15) is 26.4 Å². The Hall–Kier alpha value is -3.30. The molecule has 9 heteroatoms. The summed E-state index contributed by atoms with van der Waals surface area (Å²) in [5.74, 6) is 0.782. The lowest BCUT2D eigenvalue weighted by Gasteiger charge is -2.29. The number of Topliss-reactive ketones (excluding diaryl/α,β-unsaturated/α-hetero) is 1. The van der Waals surface area contributed by atoms with Gasteiger partial charge in [-0.1, -0.05) is 35.9 Å². The number of rotatable bonds is 8. The molecule has 0 saturated carbocycles. The number of benzene rings is 2. The summed E-state index contributed by atoms with van der Waals surface area (Å²) in [5, 5.41) is 4.76. The van der Waals surface area contributed by atoms with Gasteiger partial charge in [0, 0.05) is 12.7 Å². The third kappa shape index (κ3) is 4.67. The Morgan fingerprint density at radius 1 is 1.00 bits per heavy atom. The van der Waals surface area contributed by atoms with E-state index in [-0.39, 0.29) is 11.4 Å². The van der Waals surface area contributed by atoms with E-state index in [1.54, 1.807) is 25.7 Å². The monoisotopic (exact) mass is 498 g/mol. The van der Waals surface area contributed by atoms with Gasteiger partial charge in [0.15, 0.2) is 16.4 Å². The van der Waals surface area contributed by atoms with Gasteiger partial charge in [-0.2, -0.15) is 0 Å². The number of ketones is 1. The number of nitrogens with zero attached hydrogens (tertiary/aromatic N) is 1. The maximum absolute atomic E-state index is 13.4. The second kappa shape index (κ2) is 9.90. The van der Waals surface area contributed by atoms with Gasteiger partial charge in [0.25, 0.3) is 10.0 Å². The number of carbonyl (C=O) groups excluding carboxylic acids is 1. The number of aryl methyl sites for hydroxylation is 1. The van der Waals surface area contributed by atoms with Crippen LogP contribution in [-0.2, 0) is 23.0 Å². The predicted molar refractivity (Wildman–Crippen MR) is 134 cm³/mol. The lowest BCUT2D eigenvalue weighted by molar-refractivity contribution is 0.104. The number of carbonyl (C=O) groups is 1. The van der Waals surface area contributed by atoms with E-state index in [0.717, 1.165) is 16.7 Å². The SMILES string of the molecule is COc1ccc(CCN/C=C2/C(=O)c3sccc3N(Cc3ccc(C)cc3)S2(=O)=O)cc1OC. The third-order valence-corrected chi connectivity index (χ3v) is 8.26. The van der Waals surface area contributed by atoms with Crippen molar-refractivity contribution in [2.24, 2.45) is 0 Å². The summed E-state index contributed by atoms with van der Waals surface area (Å²) in [4.78, 5) is 13.2. The molecule has 0 radical (unpaired) electrons. The molecule has 0 spiro atoms. The summed E-state index contributed by atoms with van der Waals surface area (Å²) in [7, 11) is -0.866. The standard InChI is InChI=1S/C25H26N2O5S2/c1-17-4-6-19(7-5-17)16-27-20-11-13-33-25(20)24(28)23(34(27,29)30)15-26-12-10-18-8-9-21(31-2)22(14-18)32-3/h4-9,11,13-15,26H,10,12,16H2,1-3H3/b23-15-. The van der Waals surface area contributed by atoms with E-state index >= 15 is 0 Å². The number of nitrogens with one attached hydrogen (secondary N) is 1. The van der Waals surface area contributed by atoms with Gasteiger partial charge in [-0.15, -0.1) is 11.3 Å². The van der Waals surface area contributed by atoms with E-state index in [2.05, 4.69) is 5.32 Å². The number of hydrogen-bond donors (Lipinski definition) is 1. The van der Waals surface area contributed by atoms with E-state index in [1.807, 2.05) is 49.4 Å². The van der Waals surface area contributed by atoms with E-state index in [0.29, 0.717) is 35.0 Å². The zero-order chi connectivity index (χ0) is 24.3. The molecule has 1 aromatic heterocycles. The fourth-order valence-corrected chi connectivity index (χ4v) is 6.24. The van der Waals surface area contributed by atoms with Gasteiger partial charge in [0.2, 0.25) is 5.78 Å². The van der Waals surface area contributed by atoms with Crippen LogP contribution >= 0.6 is 11.3 Å². The van der Waals surface area contributed by atoms with Gasteiger partial charge in [-0.05, 0) is 48.1 Å². The first kappa shape index (κ1) is 23.8. The molecule has 0 unspecified atom stereocenters. The fraction of sp³-hybridized carbons (Fsp3) is 0.240. The zero-order valence-corrected chi connectivity index (χ0v) is 20.8. The molecular weight excluding hydrogens is 472 g/mol. The van der Waals surface area contributed by atoms with E-state index in [1.165, 1.54) is 21.8 Å². The van der Waals surface area contributed by atoms with Crippen molar-refractivity contribution in [3.63, 3.8) is 0 Å². The third-order valence-electron chi connectivity index (χ3n) is 5.60. The van der Waals surface area contributed by atoms with Gasteiger partial charge in [0.1, 0.15) is 4.88 Å². The number of allylic oxidation sites excluding steroid dienone is 1. The molecule has 34 heavy (non-hydrogen) atoms. The van der Waals surface area contributed by atoms with Crippen LogP contribution in [0.2, 0.25) is 0 Å². The van der Waals surface area contributed by atoms with Gasteiger partial charge < -0.3 is 14.8 Å². The Labute approximate surface area is 203 Å². The second-order valence-corrected chi connectivity index (χ2v) is 10.6. The minimum absolute atomic E-state index is 0.155. The van der Waals surface area contributed by atoms with Crippen molar-refractivity contribution in [2.75, 3.05) is 25.1 Å². The van der Waals surface area contributed by atoms with E-state index in [9.17, 15) is 13.2 Å². The van der Waals surface area contributed by atoms with Crippen LogP contribution in [0.4, 0.5) is 5.69 Å². The minimum Gasteiger partial charge on any atom is -0.493 e. The van der Waals surface area contributed by atoms with Crippen LogP contribution in [0, 0.1) is 6.92 Å². The van der Waals surface area contributed by atoms with Crippen LogP contribution in [0.5, 0.6) is 11.5 Å². The molecule has 178 valence electrons. The Morgan fingerprint density at radius 3 is 2.41 bits per heavy atom. The number of methoxy groups -OCH3 is 2. The van der Waals surface area contributed by atoms with Crippen LogP contribution in [0.25, 0.3) is 0 Å². The lowest BCUT2D eigenvalue weighted by atomic mass is 10.1. The normalized spacial score (nSPS) is 15.8. The molecule has 4 rings (SSSR count). The maximum Gasteiger partial charge on any atom is 0.270 e. The van der Waals surface area contributed by atoms with Crippen molar-refractivity contribution in [3.05, 3.63) is 86.6 Å². The molecule has 0 aliphatic carbocycles. The Morgan fingerprint density at radius 2 is 1.71 bits per heavy atom. The van der Waals surface area contributed by atoms with Crippen molar-refractivity contribution in [3.8, 4) is 11.5 Å². The molecule has 2 aromatic carbocycles. The van der Waals surface area contributed by atoms with E-state index in [4.69, 9.17) is 9.47 Å². The molecule has 0 amide bonds. The summed E-state index contributed by atoms with van der Waals surface area (Å²) in [6.45, 7) is 2.57. The Bertz CT molecular complexity index is 1330. The van der Waals surface area contributed by atoms with Crippen molar-refractivity contribution in [1.82, 2.24) is 5.32 Å². The van der Waals surface area contributed by atoms with Crippen molar-refractivity contribution < 1.29 is 22.7 Å². The van der Waals surface area contributed by atoms with E-state index < -0.39 is 15.8 Å². The molecule has 2 heterocycles. The van der Waals surface area contributed by atoms with Crippen LogP contribution in [-0.4, -0.2) is 35.0 Å². The molecule has 3 aromatic rings. The van der Waals surface area contributed by atoms with Gasteiger partial charge in [0.05, 0.1) is 26.5 Å². The van der Waals surface area contributed by atoms with Crippen LogP contribution in [0.15, 0.2) is 65.0 Å². The second-order valence-electron chi connectivity index (χ2n) is 7.86. The molecule has 7 nitrogen and oxygen atoms in total. The quantitative estimate of drug-likeness (QED) is 0.369. The number of fused-ring (bicyclic) bond motifs is 1. The average Bonchev–Trinajstić information content (AvgIpc) is 3.32. The van der Waals surface area contributed by atoms with Crippen molar-refractivity contribution in [1.29, 1.82) is 0 Å². The van der Waals surface area contributed by atoms with Gasteiger partial charge in [-0.25, -0.2) is 8.42 Å². The highest BCUT2D eigenvalue weighted by molar-refractivity contribution is 7.97. The molecule has 0 atom stereocenters. The van der Waals surface area contributed by atoms with Crippen LogP contribution in [0.3, 0.4) is 0 Å². The summed E-state index contributed by atoms with van der Waals surface area (Å²) >= 11 is 1.25. The Kier molecular flexibility index (Phi) is 6.95. The number of sulfonamides is 1. The van der Waals surface area contributed by atoms with Gasteiger partial charge >= 0.3 is 0 Å². The summed E-state index contributed by atoms with van der Waals surface area (Å²) in [6.07, 6.45) is 1.93. The number of ether oxygens (including phenoxy) is 2. The lowest BCUT2D eigenvalue weighted by Crippen LogP contribution is -2.38. The van der Waals surface area contributed by atoms with Crippen molar-refractivity contribution >= 4 is 32.8 Å². The number of hydrogen-bond acceptors (Lipinski definition) is 7. The summed E-state index contributed by atoms with van der Waals surface area (Å²) in [6, 6.07) is 15.0. The molecule has 1 N–H and O–H groups in total. The predicted octanol–water partition coefficient (Wildman–Crippen LogP) is 4.28. The average molecular weight is 499 g/mol. The van der Waals surface area contributed by atoms with Gasteiger partial charge in [-0.3, -0.25) is 9.10 Å². The molecule has 1 aliphatic rings. The summed E-state index contributed by atoms with van der Waals surface area (Å²) < 4.78 is 38.8. The molecule has 0 saturated heterocycles. The summed E-state index contributed by atoms with van der Waals surface area (Å²) in [5.41, 5.74) is 3.36. The number of anilines is 1. The zero-order valence-electron chi connectivity index (χ0n) is 19.2. The highest BCUT2D eigenvalue weighted by Gasteiger charge is 2.41. The first-order valence-electron chi connectivity index (χ1n) is 10.7.